The zero-order chi connectivity index (χ0) is 30.3. The molecule has 43 heavy (non-hydrogen) atoms. The van der Waals surface area contributed by atoms with Gasteiger partial charge in [-0.05, 0) is 51.1 Å². The number of benzene rings is 1. The molecule has 2 N–H and O–H groups in total. The molecule has 13 heteroatoms. The monoisotopic (exact) mass is 604 g/mol. The molecule has 2 atom stereocenters. The Morgan fingerprint density at radius 2 is 1.72 bits per heavy atom. The Labute approximate surface area is 247 Å². The third-order valence-corrected chi connectivity index (χ3v) is 9.04. The third-order valence-electron chi connectivity index (χ3n) is 7.38. The molecule has 0 aliphatic carbocycles. The van der Waals surface area contributed by atoms with Gasteiger partial charge >= 0.3 is 0 Å². The van der Waals surface area contributed by atoms with Crippen LogP contribution in [0.1, 0.15) is 25.1 Å². The Morgan fingerprint density at radius 3 is 2.47 bits per heavy atom. The molecule has 6 rings (SSSR count). The van der Waals surface area contributed by atoms with Gasteiger partial charge in [0, 0.05) is 48.7 Å². The lowest BCUT2D eigenvalue weighted by Gasteiger charge is -2.37. The molecule has 0 bridgehead atoms. The first-order chi connectivity index (χ1) is 20.6. The molecule has 0 spiro atoms. The predicted molar refractivity (Wildman–Crippen MR) is 160 cm³/mol. The van der Waals surface area contributed by atoms with Gasteiger partial charge in [0.05, 0.1) is 22.5 Å². The third kappa shape index (κ3) is 5.53. The molecule has 10 nitrogen and oxygen atoms in total. The molecule has 0 unspecified atom stereocenters. The number of piperazine rings is 1. The van der Waals surface area contributed by atoms with Crippen molar-refractivity contribution >= 4 is 32.7 Å². The quantitative estimate of drug-likeness (QED) is 0.259. The van der Waals surface area contributed by atoms with Crippen molar-refractivity contribution in [2.24, 2.45) is 0 Å². The molecule has 1 saturated heterocycles. The van der Waals surface area contributed by atoms with Crippen LogP contribution in [-0.2, 0) is 16.6 Å². The molecule has 1 fully saturated rings. The fraction of sp³-hybridized carbons (Fsp3) is 0.267. The Morgan fingerprint density at radius 1 is 0.977 bits per heavy atom. The minimum absolute atomic E-state index is 0.00944. The van der Waals surface area contributed by atoms with E-state index in [1.54, 1.807) is 12.1 Å². The highest BCUT2D eigenvalue weighted by Crippen LogP contribution is 2.37. The predicted octanol–water partition coefficient (Wildman–Crippen LogP) is 4.51. The number of hydrogen-bond acceptors (Lipinski definition) is 9. The Hall–Kier alpha value is -4.49. The van der Waals surface area contributed by atoms with Crippen LogP contribution in [-0.4, -0.2) is 57.5 Å². The van der Waals surface area contributed by atoms with Gasteiger partial charge in [-0.3, -0.25) is 0 Å². The molecular formula is C30H30F2N8O2S. The summed E-state index contributed by atoms with van der Waals surface area (Å²) in [5.41, 5.74) is 1.54. The highest BCUT2D eigenvalue weighted by molar-refractivity contribution is 7.90. The number of nitrogens with one attached hydrogen (secondary N) is 2. The minimum Gasteiger partial charge on any atom is -0.364 e. The van der Waals surface area contributed by atoms with Gasteiger partial charge in [-0.2, -0.15) is 4.39 Å². The van der Waals surface area contributed by atoms with Gasteiger partial charge in [0.1, 0.15) is 18.0 Å². The Bertz CT molecular complexity index is 1900. The minimum atomic E-state index is -4.16. The highest BCUT2D eigenvalue weighted by atomic mass is 32.2. The normalized spacial score (nSPS) is 17.4. The van der Waals surface area contributed by atoms with Crippen molar-refractivity contribution in [2.45, 2.75) is 44.3 Å². The Kier molecular flexibility index (Phi) is 7.52. The first-order valence-corrected chi connectivity index (χ1v) is 15.3. The molecule has 0 saturated carbocycles. The fourth-order valence-corrected chi connectivity index (χ4v) is 6.75. The maximum atomic E-state index is 15.1. The van der Waals surface area contributed by atoms with E-state index in [0.717, 1.165) is 40.3 Å². The van der Waals surface area contributed by atoms with E-state index in [1.807, 2.05) is 25.1 Å². The van der Waals surface area contributed by atoms with Crippen LogP contribution < -0.4 is 15.5 Å². The van der Waals surface area contributed by atoms with Crippen molar-refractivity contribution in [3.8, 4) is 11.1 Å². The molecule has 1 aliphatic rings. The average Bonchev–Trinajstić information content (AvgIpc) is 3.38. The van der Waals surface area contributed by atoms with Gasteiger partial charge in [0.25, 0.3) is 10.0 Å². The van der Waals surface area contributed by atoms with E-state index in [2.05, 4.69) is 44.3 Å². The van der Waals surface area contributed by atoms with Crippen LogP contribution in [0.2, 0.25) is 0 Å². The summed E-state index contributed by atoms with van der Waals surface area (Å²) in [5.74, 6) is -1.43. The van der Waals surface area contributed by atoms with E-state index in [1.165, 1.54) is 30.7 Å². The van der Waals surface area contributed by atoms with Crippen LogP contribution in [0.4, 0.5) is 20.4 Å². The maximum Gasteiger partial charge on any atom is 0.269 e. The lowest BCUT2D eigenvalue weighted by Crippen LogP contribution is -2.54. The summed E-state index contributed by atoms with van der Waals surface area (Å²) in [5, 5.41) is 6.95. The number of anilines is 2. The van der Waals surface area contributed by atoms with Crippen LogP contribution in [0.15, 0.2) is 72.1 Å². The molecular weight excluding hydrogens is 574 g/mol. The number of pyridine rings is 2. The van der Waals surface area contributed by atoms with E-state index in [4.69, 9.17) is 4.98 Å². The van der Waals surface area contributed by atoms with E-state index in [-0.39, 0.29) is 39.4 Å². The lowest BCUT2D eigenvalue weighted by molar-refractivity contribution is 0.405. The summed E-state index contributed by atoms with van der Waals surface area (Å²) in [7, 11) is -4.16. The van der Waals surface area contributed by atoms with Gasteiger partial charge in [-0.25, -0.2) is 36.7 Å². The molecule has 5 aromatic rings. The first kappa shape index (κ1) is 28.6. The second-order valence-corrected chi connectivity index (χ2v) is 12.6. The van der Waals surface area contributed by atoms with Gasteiger partial charge in [-0.15, -0.1) is 0 Å². The van der Waals surface area contributed by atoms with Gasteiger partial charge < -0.3 is 15.5 Å². The van der Waals surface area contributed by atoms with Crippen LogP contribution in [0.25, 0.3) is 22.2 Å². The lowest BCUT2D eigenvalue weighted by atomic mass is 10.1. The van der Waals surface area contributed by atoms with Crippen molar-refractivity contribution in [3.05, 3.63) is 90.3 Å². The van der Waals surface area contributed by atoms with E-state index >= 15 is 4.39 Å². The smallest absolute Gasteiger partial charge is 0.269 e. The van der Waals surface area contributed by atoms with Crippen LogP contribution in [0, 0.1) is 18.7 Å². The number of nitrogens with zero attached hydrogens (tertiary/aromatic N) is 6. The largest absolute Gasteiger partial charge is 0.364 e. The molecule has 4 aromatic heterocycles. The number of rotatable bonds is 7. The summed E-state index contributed by atoms with van der Waals surface area (Å²) in [6.07, 6.45) is 3.59. The van der Waals surface area contributed by atoms with E-state index < -0.39 is 21.8 Å². The zero-order valence-electron chi connectivity index (χ0n) is 23.8. The summed E-state index contributed by atoms with van der Waals surface area (Å²) in [6, 6.07) is 14.0. The standard InChI is InChI=1S/C30H30F2N8O2S/c1-18-7-9-22(10-8-18)43(41,42)40-16-24(23-11-12-33-28(32)27(23)31)26-29(35-17-36-30(26)40)34-13-21-5-4-6-25(38-21)39-14-19(2)37-20(3)15-39/h4-12,16-17,19-20,37H,13-15H2,1-3H3,(H,34,35,36)/t19-,20+. The summed E-state index contributed by atoms with van der Waals surface area (Å²) >= 11 is 0. The number of halogens is 2. The van der Waals surface area contributed by atoms with Crippen molar-refractivity contribution in [2.75, 3.05) is 23.3 Å². The molecule has 222 valence electrons. The number of aromatic nitrogens is 5. The molecule has 5 heterocycles. The zero-order valence-corrected chi connectivity index (χ0v) is 24.6. The second-order valence-electron chi connectivity index (χ2n) is 10.8. The first-order valence-electron chi connectivity index (χ1n) is 13.8. The summed E-state index contributed by atoms with van der Waals surface area (Å²) in [6.45, 7) is 7.99. The van der Waals surface area contributed by atoms with E-state index in [9.17, 15) is 12.8 Å². The Balaban J connectivity index is 1.42. The number of aryl methyl sites for hydroxylation is 1. The highest BCUT2D eigenvalue weighted by Gasteiger charge is 2.27. The van der Waals surface area contributed by atoms with Gasteiger partial charge in [-0.1, -0.05) is 23.8 Å². The molecule has 0 radical (unpaired) electrons. The number of hydrogen-bond donors (Lipinski definition) is 2. The van der Waals surface area contributed by atoms with Gasteiger partial charge in [0.2, 0.25) is 5.95 Å². The average molecular weight is 605 g/mol. The number of fused-ring (bicyclic) bond motifs is 1. The summed E-state index contributed by atoms with van der Waals surface area (Å²) in [4.78, 5) is 19.1. The van der Waals surface area contributed by atoms with Crippen molar-refractivity contribution in [1.82, 2.24) is 29.2 Å². The fourth-order valence-electron chi connectivity index (χ4n) is 5.44. The van der Waals surface area contributed by atoms with Crippen LogP contribution in [0.5, 0.6) is 0 Å². The SMILES string of the molecule is Cc1ccc(S(=O)(=O)n2cc(-c3ccnc(F)c3F)c3c(NCc4cccc(N5C[C@@H](C)N[C@@H](C)C5)n4)ncnc32)cc1. The molecule has 1 aromatic carbocycles. The topological polar surface area (TPSA) is 118 Å². The molecule has 0 amide bonds. The van der Waals surface area contributed by atoms with Crippen LogP contribution >= 0.6 is 0 Å². The van der Waals surface area contributed by atoms with E-state index in [0.29, 0.717) is 12.1 Å². The maximum absolute atomic E-state index is 15.1. The van der Waals surface area contributed by atoms with Gasteiger partial charge in [0.15, 0.2) is 11.5 Å². The summed E-state index contributed by atoms with van der Waals surface area (Å²) < 4.78 is 57.8. The van der Waals surface area contributed by atoms with Crippen LogP contribution in [0.3, 0.4) is 0 Å². The van der Waals surface area contributed by atoms with Crippen molar-refractivity contribution in [1.29, 1.82) is 0 Å². The molecule has 1 aliphatic heterocycles. The van der Waals surface area contributed by atoms with Crippen molar-refractivity contribution in [3.63, 3.8) is 0 Å². The van der Waals surface area contributed by atoms with Crippen molar-refractivity contribution < 1.29 is 17.2 Å². The second kappa shape index (κ2) is 11.3.